The predicted octanol–water partition coefficient (Wildman–Crippen LogP) is 4.01. The number of hydrogen-bond donors (Lipinski definition) is 0. The fraction of sp³-hybridized carbons (Fsp3) is 0.409. The monoisotopic (exact) mass is 399 g/mol. The number of rotatable bonds is 3. The van der Waals surface area contributed by atoms with Gasteiger partial charge >= 0.3 is 12.1 Å². The molecule has 1 fully saturated rings. The summed E-state index contributed by atoms with van der Waals surface area (Å²) in [4.78, 5) is 38.5. The number of esters is 1. The predicted molar refractivity (Wildman–Crippen MR) is 104 cm³/mol. The molecule has 0 aromatic heterocycles. The Labute approximate surface area is 169 Å². The molecule has 2 aliphatic heterocycles. The molecule has 1 aromatic rings. The summed E-state index contributed by atoms with van der Waals surface area (Å²) in [5.41, 5.74) is 0.881. The van der Waals surface area contributed by atoms with Crippen molar-refractivity contribution in [2.24, 2.45) is 0 Å². The average Bonchev–Trinajstić information content (AvgIpc) is 2.97. The van der Waals surface area contributed by atoms with E-state index in [1.165, 1.54) is 12.3 Å². The highest BCUT2D eigenvalue weighted by molar-refractivity contribution is 6.03. The van der Waals surface area contributed by atoms with Gasteiger partial charge in [0.05, 0.1) is 17.9 Å². The molecule has 2 unspecified atom stereocenters. The molecule has 2 heterocycles. The fourth-order valence-corrected chi connectivity index (χ4v) is 3.17. The summed E-state index contributed by atoms with van der Waals surface area (Å²) < 4.78 is 15.9. The maximum absolute atomic E-state index is 13.1. The van der Waals surface area contributed by atoms with E-state index in [9.17, 15) is 14.4 Å². The van der Waals surface area contributed by atoms with Crippen molar-refractivity contribution in [1.29, 1.82) is 0 Å². The van der Waals surface area contributed by atoms with Crippen LogP contribution in [0.25, 0.3) is 0 Å². The van der Waals surface area contributed by atoms with Crippen LogP contribution in [0.2, 0.25) is 0 Å². The summed E-state index contributed by atoms with van der Waals surface area (Å²) in [6.45, 7) is 6.87. The first-order chi connectivity index (χ1) is 13.7. The second-order valence-corrected chi connectivity index (χ2v) is 8.02. The van der Waals surface area contributed by atoms with E-state index in [-0.39, 0.29) is 0 Å². The lowest BCUT2D eigenvalue weighted by Gasteiger charge is -2.36. The molecule has 29 heavy (non-hydrogen) atoms. The van der Waals surface area contributed by atoms with Crippen LogP contribution in [-0.2, 0) is 23.8 Å². The van der Waals surface area contributed by atoms with Gasteiger partial charge in [0, 0.05) is 11.6 Å². The van der Waals surface area contributed by atoms with Crippen LogP contribution in [0.4, 0.5) is 4.79 Å². The van der Waals surface area contributed by atoms with Crippen molar-refractivity contribution in [2.45, 2.75) is 58.5 Å². The maximum atomic E-state index is 13.1. The summed E-state index contributed by atoms with van der Waals surface area (Å²) >= 11 is 0. The molecule has 154 valence electrons. The molecule has 0 aliphatic carbocycles. The first kappa shape index (κ1) is 20.6. The van der Waals surface area contributed by atoms with E-state index >= 15 is 0 Å². The zero-order chi connectivity index (χ0) is 21.2. The average molecular weight is 399 g/mol. The van der Waals surface area contributed by atoms with Gasteiger partial charge in [0.25, 0.3) is 12.2 Å². The smallest absolute Gasteiger partial charge is 0.417 e. The van der Waals surface area contributed by atoms with Gasteiger partial charge in [-0.3, -0.25) is 4.79 Å². The molecule has 7 heteroatoms. The minimum absolute atomic E-state index is 0.317. The third-order valence-corrected chi connectivity index (χ3v) is 4.54. The van der Waals surface area contributed by atoms with Crippen LogP contribution in [0, 0.1) is 0 Å². The number of likely N-dealkylation sites (tertiary alicyclic amines) is 1. The molecule has 7 nitrogen and oxygen atoms in total. The molecule has 0 N–H and O–H groups in total. The Morgan fingerprint density at radius 3 is 2.48 bits per heavy atom. The molecular formula is C22H25NO6. The van der Waals surface area contributed by atoms with Crippen LogP contribution in [0.15, 0.2) is 53.8 Å². The van der Waals surface area contributed by atoms with Crippen LogP contribution in [0.3, 0.4) is 0 Å². The number of imide groups is 1. The molecule has 1 aromatic carbocycles. The minimum Gasteiger partial charge on any atom is -0.458 e. The van der Waals surface area contributed by atoms with E-state index in [1.54, 1.807) is 27.7 Å². The number of carbonyl (C=O) groups excluding carboxylic acids is 3. The molecule has 2 amide bonds. The second kappa shape index (κ2) is 8.11. The van der Waals surface area contributed by atoms with Crippen LogP contribution in [-0.4, -0.2) is 34.8 Å². The molecule has 1 saturated heterocycles. The van der Waals surface area contributed by atoms with Gasteiger partial charge in [-0.2, -0.15) is 0 Å². The summed E-state index contributed by atoms with van der Waals surface area (Å²) in [7, 11) is 0. The first-order valence-corrected chi connectivity index (χ1v) is 9.51. The highest BCUT2D eigenvalue weighted by atomic mass is 16.7. The lowest BCUT2D eigenvalue weighted by Crippen LogP contribution is -2.46. The standard InChI is InChI=1S/C22H25NO6/c1-14-12-18(28-20(14)25)27-13-16-10-11-17(15-8-6-5-7-9-15)23(19(16)24)21(26)29-22(2,3)4/h5-9,12-13,17-18H,10-11H2,1-4H3/b16-13+. The van der Waals surface area contributed by atoms with Crippen molar-refractivity contribution in [2.75, 3.05) is 0 Å². The van der Waals surface area contributed by atoms with Gasteiger partial charge in [-0.25, -0.2) is 14.5 Å². The first-order valence-electron chi connectivity index (χ1n) is 9.51. The number of hydrogen-bond acceptors (Lipinski definition) is 6. The SMILES string of the molecule is CC1=CC(O/C=C2\CCC(c3ccccc3)N(C(=O)OC(C)(C)C)C2=O)OC1=O. The molecule has 2 aliphatic rings. The Balaban J connectivity index is 1.83. The van der Waals surface area contributed by atoms with Gasteiger partial charge in [0.2, 0.25) is 0 Å². The van der Waals surface area contributed by atoms with Crippen molar-refractivity contribution in [3.8, 4) is 0 Å². The number of cyclic esters (lactones) is 1. The highest BCUT2D eigenvalue weighted by Crippen LogP contribution is 2.35. The van der Waals surface area contributed by atoms with Gasteiger partial charge in [-0.15, -0.1) is 0 Å². The van der Waals surface area contributed by atoms with Crippen LogP contribution >= 0.6 is 0 Å². The van der Waals surface area contributed by atoms with E-state index < -0.39 is 35.9 Å². The third-order valence-electron chi connectivity index (χ3n) is 4.54. The Kier molecular flexibility index (Phi) is 5.77. The quantitative estimate of drug-likeness (QED) is 0.434. The van der Waals surface area contributed by atoms with Gasteiger partial charge in [0.15, 0.2) is 0 Å². The minimum atomic E-state index is -0.871. The van der Waals surface area contributed by atoms with E-state index in [2.05, 4.69) is 0 Å². The van der Waals surface area contributed by atoms with Crippen LogP contribution < -0.4 is 0 Å². The lowest BCUT2D eigenvalue weighted by molar-refractivity contribution is -0.152. The topological polar surface area (TPSA) is 82.1 Å². The van der Waals surface area contributed by atoms with Crippen LogP contribution in [0.1, 0.15) is 52.1 Å². The van der Waals surface area contributed by atoms with Crippen molar-refractivity contribution >= 4 is 18.0 Å². The van der Waals surface area contributed by atoms with Gasteiger partial charge < -0.3 is 14.2 Å². The summed E-state index contributed by atoms with van der Waals surface area (Å²) in [5, 5.41) is 0. The Morgan fingerprint density at radius 1 is 1.21 bits per heavy atom. The second-order valence-electron chi connectivity index (χ2n) is 8.02. The Morgan fingerprint density at radius 2 is 1.90 bits per heavy atom. The van der Waals surface area contributed by atoms with E-state index in [0.29, 0.717) is 24.0 Å². The molecule has 0 spiro atoms. The zero-order valence-corrected chi connectivity index (χ0v) is 17.0. The maximum Gasteiger partial charge on any atom is 0.417 e. The molecular weight excluding hydrogens is 374 g/mol. The number of carbonyl (C=O) groups is 3. The number of amides is 2. The largest absolute Gasteiger partial charge is 0.458 e. The van der Waals surface area contributed by atoms with E-state index in [0.717, 1.165) is 10.5 Å². The molecule has 3 rings (SSSR count). The van der Waals surface area contributed by atoms with Crippen molar-refractivity contribution in [3.63, 3.8) is 0 Å². The number of ether oxygens (including phenoxy) is 3. The van der Waals surface area contributed by atoms with Crippen molar-refractivity contribution in [1.82, 2.24) is 4.90 Å². The van der Waals surface area contributed by atoms with Gasteiger partial charge in [0.1, 0.15) is 5.60 Å². The third kappa shape index (κ3) is 4.85. The number of benzene rings is 1. The molecule has 0 bridgehead atoms. The zero-order valence-electron chi connectivity index (χ0n) is 17.0. The fourth-order valence-electron chi connectivity index (χ4n) is 3.17. The normalized spacial score (nSPS) is 23.7. The number of nitrogens with zero attached hydrogens (tertiary/aromatic N) is 1. The molecule has 0 radical (unpaired) electrons. The van der Waals surface area contributed by atoms with Crippen LogP contribution in [0.5, 0.6) is 0 Å². The lowest BCUT2D eigenvalue weighted by atomic mass is 9.93. The van der Waals surface area contributed by atoms with Crippen molar-refractivity contribution in [3.05, 3.63) is 59.4 Å². The summed E-state index contributed by atoms with van der Waals surface area (Å²) in [6.07, 6.45) is 2.18. The highest BCUT2D eigenvalue weighted by Gasteiger charge is 2.39. The Bertz CT molecular complexity index is 865. The van der Waals surface area contributed by atoms with Gasteiger partial charge in [-0.05, 0) is 46.1 Å². The molecule has 0 saturated carbocycles. The summed E-state index contributed by atoms with van der Waals surface area (Å²) in [5.74, 6) is -0.938. The van der Waals surface area contributed by atoms with Crippen molar-refractivity contribution < 1.29 is 28.6 Å². The van der Waals surface area contributed by atoms with Gasteiger partial charge in [-0.1, -0.05) is 30.3 Å². The van der Waals surface area contributed by atoms with E-state index in [1.807, 2.05) is 30.3 Å². The molecule has 2 atom stereocenters. The summed E-state index contributed by atoms with van der Waals surface area (Å²) in [6, 6.07) is 8.94. The van der Waals surface area contributed by atoms with E-state index in [4.69, 9.17) is 14.2 Å². The Hall–Kier alpha value is -3.09. The number of piperidine rings is 1.